The third-order valence-corrected chi connectivity index (χ3v) is 3.82. The van der Waals surface area contributed by atoms with Crippen LogP contribution in [0.4, 0.5) is 5.88 Å². The predicted octanol–water partition coefficient (Wildman–Crippen LogP) is 3.60. The van der Waals surface area contributed by atoms with Crippen molar-refractivity contribution < 1.29 is 33.0 Å². The molecule has 0 aliphatic rings. The minimum Gasteiger partial charge on any atom is -0.497 e. The largest absolute Gasteiger partial charge is 0.497 e. The summed E-state index contributed by atoms with van der Waals surface area (Å²) in [4.78, 5) is 36.9. The Morgan fingerprint density at radius 2 is 1.59 bits per heavy atom. The van der Waals surface area contributed by atoms with Gasteiger partial charge in [-0.25, -0.2) is 9.59 Å². The summed E-state index contributed by atoms with van der Waals surface area (Å²) in [5.41, 5.74) is 0.531. The van der Waals surface area contributed by atoms with Crippen molar-refractivity contribution in [3.8, 4) is 5.75 Å². The van der Waals surface area contributed by atoms with Gasteiger partial charge in [-0.3, -0.25) is 10.1 Å². The average molecular weight is 401 g/mol. The second-order valence-corrected chi connectivity index (χ2v) is 5.77. The van der Waals surface area contributed by atoms with Crippen LogP contribution in [0.2, 0.25) is 0 Å². The van der Waals surface area contributed by atoms with Crippen LogP contribution < -0.4 is 10.1 Å². The molecular formula is C21H23NO7. The number of aryl methyl sites for hydroxylation is 1. The Morgan fingerprint density at radius 3 is 2.14 bits per heavy atom. The highest BCUT2D eigenvalue weighted by Gasteiger charge is 2.31. The molecule has 8 nitrogen and oxygen atoms in total. The summed E-state index contributed by atoms with van der Waals surface area (Å²) < 4.78 is 20.5. The van der Waals surface area contributed by atoms with E-state index in [4.69, 9.17) is 18.6 Å². The highest BCUT2D eigenvalue weighted by atomic mass is 16.5. The van der Waals surface area contributed by atoms with Crippen LogP contribution in [0.5, 0.6) is 5.75 Å². The molecule has 0 radical (unpaired) electrons. The van der Waals surface area contributed by atoms with E-state index in [0.717, 1.165) is 5.56 Å². The van der Waals surface area contributed by atoms with Crippen LogP contribution >= 0.6 is 0 Å². The molecule has 154 valence electrons. The number of amides is 1. The zero-order chi connectivity index (χ0) is 21.4. The summed E-state index contributed by atoms with van der Waals surface area (Å²) in [6.45, 7) is 4.99. The Kier molecular flexibility index (Phi) is 7.59. The van der Waals surface area contributed by atoms with Gasteiger partial charge >= 0.3 is 11.9 Å². The highest BCUT2D eigenvalue weighted by molar-refractivity contribution is 6.10. The number of methoxy groups -OCH3 is 1. The van der Waals surface area contributed by atoms with E-state index in [0.29, 0.717) is 5.75 Å². The molecule has 1 aromatic carbocycles. The van der Waals surface area contributed by atoms with E-state index < -0.39 is 17.8 Å². The number of anilines is 1. The van der Waals surface area contributed by atoms with Gasteiger partial charge in [0.1, 0.15) is 22.6 Å². The van der Waals surface area contributed by atoms with E-state index in [1.54, 1.807) is 51.3 Å². The van der Waals surface area contributed by atoms with Crippen molar-refractivity contribution in [2.45, 2.75) is 20.8 Å². The van der Waals surface area contributed by atoms with Gasteiger partial charge in [-0.2, -0.15) is 0 Å². The van der Waals surface area contributed by atoms with E-state index in [-0.39, 0.29) is 36.0 Å². The van der Waals surface area contributed by atoms with Crippen molar-refractivity contribution in [2.24, 2.45) is 0 Å². The van der Waals surface area contributed by atoms with Crippen LogP contribution in [0, 0.1) is 6.92 Å². The summed E-state index contributed by atoms with van der Waals surface area (Å²) in [6, 6.07) is 7.08. The predicted molar refractivity (Wildman–Crippen MR) is 106 cm³/mol. The van der Waals surface area contributed by atoms with E-state index >= 15 is 0 Å². The molecular weight excluding hydrogens is 378 g/mol. The van der Waals surface area contributed by atoms with Gasteiger partial charge in [0.2, 0.25) is 5.88 Å². The van der Waals surface area contributed by atoms with Gasteiger partial charge < -0.3 is 18.6 Å². The number of furan rings is 1. The summed E-state index contributed by atoms with van der Waals surface area (Å²) in [6.07, 6.45) is 2.86. The number of benzene rings is 1. The standard InChI is InChI=1S/C21H23NO7/c1-5-27-20(24)17-13(3)29-19(18(17)21(25)28-6-2)22-16(23)12-9-14-7-10-15(26-4)11-8-14/h7-12H,5-6H2,1-4H3,(H,22,23)/b12-9+. The SMILES string of the molecule is CCOC(=O)c1c(C)oc(NC(=O)/C=C/c2ccc(OC)cc2)c1C(=O)OCC. The lowest BCUT2D eigenvalue weighted by molar-refractivity contribution is -0.111. The molecule has 1 heterocycles. The number of ether oxygens (including phenoxy) is 3. The number of hydrogen-bond acceptors (Lipinski definition) is 7. The first-order valence-corrected chi connectivity index (χ1v) is 9.01. The van der Waals surface area contributed by atoms with Crippen molar-refractivity contribution in [3.63, 3.8) is 0 Å². The molecule has 2 aromatic rings. The van der Waals surface area contributed by atoms with Gasteiger partial charge in [-0.15, -0.1) is 0 Å². The average Bonchev–Trinajstić information content (AvgIpc) is 3.03. The Hall–Kier alpha value is -3.55. The molecule has 0 spiro atoms. The lowest BCUT2D eigenvalue weighted by Gasteiger charge is -2.06. The molecule has 29 heavy (non-hydrogen) atoms. The fourth-order valence-corrected chi connectivity index (χ4v) is 2.52. The molecule has 0 aliphatic heterocycles. The smallest absolute Gasteiger partial charge is 0.344 e. The molecule has 0 saturated heterocycles. The first kappa shape index (κ1) is 21.7. The maximum Gasteiger partial charge on any atom is 0.344 e. The van der Waals surface area contributed by atoms with Crippen molar-refractivity contribution in [1.29, 1.82) is 0 Å². The molecule has 1 aromatic heterocycles. The summed E-state index contributed by atoms with van der Waals surface area (Å²) in [5, 5.41) is 2.48. The van der Waals surface area contributed by atoms with Gasteiger partial charge in [0.15, 0.2) is 0 Å². The topological polar surface area (TPSA) is 104 Å². The number of esters is 2. The van der Waals surface area contributed by atoms with Crippen LogP contribution in [0.15, 0.2) is 34.8 Å². The zero-order valence-electron chi connectivity index (χ0n) is 16.7. The Bertz CT molecular complexity index is 910. The number of hydrogen-bond donors (Lipinski definition) is 1. The molecule has 0 atom stereocenters. The summed E-state index contributed by atoms with van der Waals surface area (Å²) in [7, 11) is 1.56. The van der Waals surface area contributed by atoms with Crippen LogP contribution in [0.25, 0.3) is 6.08 Å². The number of rotatable bonds is 8. The van der Waals surface area contributed by atoms with Crippen molar-refractivity contribution >= 4 is 29.8 Å². The first-order valence-electron chi connectivity index (χ1n) is 9.01. The lowest BCUT2D eigenvalue weighted by Crippen LogP contribution is -2.16. The van der Waals surface area contributed by atoms with E-state index in [1.807, 2.05) is 0 Å². The molecule has 0 bridgehead atoms. The third kappa shape index (κ3) is 5.47. The summed E-state index contributed by atoms with van der Waals surface area (Å²) in [5.74, 6) is -1.40. The molecule has 0 unspecified atom stereocenters. The lowest BCUT2D eigenvalue weighted by atomic mass is 10.1. The first-order chi connectivity index (χ1) is 13.9. The second-order valence-electron chi connectivity index (χ2n) is 5.77. The second kappa shape index (κ2) is 10.1. The Balaban J connectivity index is 2.26. The van der Waals surface area contributed by atoms with Crippen molar-refractivity contribution in [2.75, 3.05) is 25.6 Å². The number of carbonyl (C=O) groups excluding carboxylic acids is 3. The molecule has 1 amide bonds. The fraction of sp³-hybridized carbons (Fsp3) is 0.286. The maximum absolute atomic E-state index is 12.4. The number of nitrogens with one attached hydrogen (secondary N) is 1. The fourth-order valence-electron chi connectivity index (χ4n) is 2.52. The highest BCUT2D eigenvalue weighted by Crippen LogP contribution is 2.29. The normalized spacial score (nSPS) is 10.6. The van der Waals surface area contributed by atoms with E-state index in [2.05, 4.69) is 5.32 Å². The number of carbonyl (C=O) groups is 3. The van der Waals surface area contributed by atoms with Gasteiger partial charge in [0.05, 0.1) is 20.3 Å². The van der Waals surface area contributed by atoms with Crippen LogP contribution in [-0.2, 0) is 14.3 Å². The molecule has 0 fully saturated rings. The van der Waals surface area contributed by atoms with Gasteiger partial charge in [0, 0.05) is 6.08 Å². The Labute approximate surface area is 168 Å². The van der Waals surface area contributed by atoms with Crippen molar-refractivity contribution in [1.82, 2.24) is 0 Å². The van der Waals surface area contributed by atoms with E-state index in [9.17, 15) is 14.4 Å². The maximum atomic E-state index is 12.4. The minimum absolute atomic E-state index is 0.0697. The van der Waals surface area contributed by atoms with Crippen LogP contribution in [0.3, 0.4) is 0 Å². The molecule has 2 rings (SSSR count). The molecule has 0 saturated carbocycles. The molecule has 1 N–H and O–H groups in total. The van der Waals surface area contributed by atoms with Gasteiger partial charge in [-0.05, 0) is 44.5 Å². The Morgan fingerprint density at radius 1 is 1.00 bits per heavy atom. The third-order valence-electron chi connectivity index (χ3n) is 3.82. The van der Waals surface area contributed by atoms with E-state index in [1.165, 1.54) is 13.0 Å². The van der Waals surface area contributed by atoms with Crippen LogP contribution in [-0.4, -0.2) is 38.2 Å². The molecule has 0 aliphatic carbocycles. The van der Waals surface area contributed by atoms with Gasteiger partial charge in [0.25, 0.3) is 5.91 Å². The summed E-state index contributed by atoms with van der Waals surface area (Å²) >= 11 is 0. The van der Waals surface area contributed by atoms with Gasteiger partial charge in [-0.1, -0.05) is 12.1 Å². The molecule has 8 heteroatoms. The monoisotopic (exact) mass is 401 g/mol. The minimum atomic E-state index is -0.790. The van der Waals surface area contributed by atoms with Crippen molar-refractivity contribution in [3.05, 3.63) is 52.8 Å². The zero-order valence-corrected chi connectivity index (χ0v) is 16.7. The van der Waals surface area contributed by atoms with Crippen LogP contribution in [0.1, 0.15) is 45.9 Å². The quantitative estimate of drug-likeness (QED) is 0.532.